The van der Waals surface area contributed by atoms with Crippen LogP contribution in [0.15, 0.2) is 55.1 Å². The van der Waals surface area contributed by atoms with Gasteiger partial charge in [-0.15, -0.1) is 17.9 Å². The minimum Gasteiger partial charge on any atom is -0.357 e. The van der Waals surface area contributed by atoms with Crippen LogP contribution in [0.3, 0.4) is 0 Å². The largest absolute Gasteiger partial charge is 0.357 e. The Morgan fingerprint density at radius 2 is 2.00 bits per heavy atom. The van der Waals surface area contributed by atoms with E-state index in [9.17, 15) is 9.59 Å². The first kappa shape index (κ1) is 20.2. The van der Waals surface area contributed by atoms with Crippen LogP contribution in [-0.2, 0) is 16.1 Å². The number of nitrogens with zero attached hydrogens (tertiary/aromatic N) is 1. The number of halogens is 1. The van der Waals surface area contributed by atoms with Crippen LogP contribution in [0.1, 0.15) is 16.5 Å². The molecule has 2 rings (SSSR count). The maximum atomic E-state index is 12.5. The summed E-state index contributed by atoms with van der Waals surface area (Å²) in [5.74, 6) is -0.489. The van der Waals surface area contributed by atoms with Crippen molar-refractivity contribution < 1.29 is 9.59 Å². The summed E-state index contributed by atoms with van der Waals surface area (Å²) < 4.78 is 0.715. The average Bonchev–Trinajstić information content (AvgIpc) is 3.04. The first-order valence-corrected chi connectivity index (χ1v) is 9.36. The SMILES string of the molecule is C=CCN(CC(=O)NC(C(=O)NC)c1ccccc1)Cc1ccc(Cl)s1. The minimum atomic E-state index is -0.726. The third-order valence-electron chi connectivity index (χ3n) is 3.71. The highest BCUT2D eigenvalue weighted by Crippen LogP contribution is 2.22. The third-order valence-corrected chi connectivity index (χ3v) is 4.93. The van der Waals surface area contributed by atoms with E-state index in [4.69, 9.17) is 11.6 Å². The van der Waals surface area contributed by atoms with E-state index < -0.39 is 6.04 Å². The number of carbonyl (C=O) groups excluding carboxylic acids is 2. The Morgan fingerprint density at radius 1 is 1.27 bits per heavy atom. The molecule has 0 bridgehead atoms. The summed E-state index contributed by atoms with van der Waals surface area (Å²) in [7, 11) is 1.55. The zero-order valence-corrected chi connectivity index (χ0v) is 16.1. The summed E-state index contributed by atoms with van der Waals surface area (Å²) in [6.45, 7) is 5.04. The van der Waals surface area contributed by atoms with Crippen LogP contribution < -0.4 is 10.6 Å². The van der Waals surface area contributed by atoms with Gasteiger partial charge in [-0.25, -0.2) is 0 Å². The van der Waals surface area contributed by atoms with Gasteiger partial charge < -0.3 is 10.6 Å². The van der Waals surface area contributed by atoms with Crippen molar-refractivity contribution in [3.8, 4) is 0 Å². The normalized spacial score (nSPS) is 11.8. The fraction of sp³-hybridized carbons (Fsp3) is 0.263. The molecule has 0 fully saturated rings. The number of hydrogen-bond donors (Lipinski definition) is 2. The topological polar surface area (TPSA) is 61.4 Å². The summed E-state index contributed by atoms with van der Waals surface area (Å²) >= 11 is 7.45. The molecule has 1 unspecified atom stereocenters. The molecule has 0 saturated carbocycles. The van der Waals surface area contributed by atoms with Gasteiger partial charge in [-0.2, -0.15) is 0 Å². The molecule has 0 saturated heterocycles. The molecule has 0 aliphatic rings. The van der Waals surface area contributed by atoms with Gasteiger partial charge in [0, 0.05) is 25.0 Å². The van der Waals surface area contributed by atoms with Gasteiger partial charge in [0.25, 0.3) is 0 Å². The van der Waals surface area contributed by atoms with Crippen LogP contribution in [0.25, 0.3) is 0 Å². The minimum absolute atomic E-state index is 0.155. The molecule has 0 aliphatic carbocycles. The Bertz CT molecular complexity index is 748. The number of hydrogen-bond acceptors (Lipinski definition) is 4. The Balaban J connectivity index is 2.04. The number of amides is 2. The molecule has 5 nitrogen and oxygen atoms in total. The predicted molar refractivity (Wildman–Crippen MR) is 106 cm³/mol. The second-order valence-corrected chi connectivity index (χ2v) is 7.49. The zero-order chi connectivity index (χ0) is 18.9. The molecule has 1 heterocycles. The van der Waals surface area contributed by atoms with Gasteiger partial charge in [0.1, 0.15) is 6.04 Å². The standard InChI is InChI=1S/C19H22ClN3O2S/c1-3-11-23(12-15-9-10-16(20)26-15)13-17(24)22-18(19(25)21-2)14-7-5-4-6-8-14/h3-10,18H,1,11-13H2,2H3,(H,21,25)(H,22,24). The molecule has 1 aromatic heterocycles. The van der Waals surface area contributed by atoms with Gasteiger partial charge in [-0.1, -0.05) is 48.0 Å². The van der Waals surface area contributed by atoms with Crippen molar-refractivity contribution in [1.29, 1.82) is 0 Å². The lowest BCUT2D eigenvalue weighted by molar-refractivity contribution is -0.129. The van der Waals surface area contributed by atoms with Crippen molar-refractivity contribution in [1.82, 2.24) is 15.5 Å². The van der Waals surface area contributed by atoms with Crippen LogP contribution in [0.2, 0.25) is 4.34 Å². The summed E-state index contributed by atoms with van der Waals surface area (Å²) in [6.07, 6.45) is 1.75. The van der Waals surface area contributed by atoms with Crippen LogP contribution >= 0.6 is 22.9 Å². The van der Waals surface area contributed by atoms with Crippen molar-refractivity contribution in [2.45, 2.75) is 12.6 Å². The number of rotatable bonds is 9. The molecule has 2 aromatic rings. The highest BCUT2D eigenvalue weighted by molar-refractivity contribution is 7.16. The van der Waals surface area contributed by atoms with Crippen LogP contribution in [-0.4, -0.2) is 36.9 Å². The van der Waals surface area contributed by atoms with E-state index in [0.29, 0.717) is 17.4 Å². The number of carbonyl (C=O) groups is 2. The van der Waals surface area contributed by atoms with Gasteiger partial charge in [0.15, 0.2) is 0 Å². The summed E-state index contributed by atoms with van der Waals surface area (Å²) in [4.78, 5) is 27.7. The molecule has 138 valence electrons. The van der Waals surface area contributed by atoms with Gasteiger partial charge in [0.2, 0.25) is 11.8 Å². The Labute approximate surface area is 162 Å². The van der Waals surface area contributed by atoms with Gasteiger partial charge in [-0.05, 0) is 17.7 Å². The number of likely N-dealkylation sites (N-methyl/N-ethyl adjacent to an activating group) is 1. The lowest BCUT2D eigenvalue weighted by Crippen LogP contribution is -2.43. The number of nitrogens with one attached hydrogen (secondary N) is 2. The van der Waals surface area contributed by atoms with Crippen molar-refractivity contribution in [2.75, 3.05) is 20.1 Å². The highest BCUT2D eigenvalue weighted by Gasteiger charge is 2.22. The van der Waals surface area contributed by atoms with E-state index in [1.165, 1.54) is 11.3 Å². The Morgan fingerprint density at radius 3 is 2.58 bits per heavy atom. The van der Waals surface area contributed by atoms with E-state index in [-0.39, 0.29) is 18.4 Å². The molecule has 2 N–H and O–H groups in total. The molecule has 26 heavy (non-hydrogen) atoms. The summed E-state index contributed by atoms with van der Waals surface area (Å²) in [6, 6.07) is 12.2. The second-order valence-electron chi connectivity index (χ2n) is 5.69. The van der Waals surface area contributed by atoms with E-state index in [1.807, 2.05) is 47.4 Å². The van der Waals surface area contributed by atoms with Gasteiger partial charge >= 0.3 is 0 Å². The first-order valence-electron chi connectivity index (χ1n) is 8.17. The fourth-order valence-electron chi connectivity index (χ4n) is 2.52. The lowest BCUT2D eigenvalue weighted by atomic mass is 10.1. The fourth-order valence-corrected chi connectivity index (χ4v) is 3.65. The number of benzene rings is 1. The average molecular weight is 392 g/mol. The molecule has 0 radical (unpaired) electrons. The molecule has 7 heteroatoms. The maximum Gasteiger partial charge on any atom is 0.246 e. The highest BCUT2D eigenvalue weighted by atomic mass is 35.5. The van der Waals surface area contributed by atoms with E-state index in [1.54, 1.807) is 13.1 Å². The molecular formula is C19H22ClN3O2S. The van der Waals surface area contributed by atoms with Gasteiger partial charge in [0.05, 0.1) is 10.9 Å². The first-order chi connectivity index (χ1) is 12.5. The molecule has 1 aromatic carbocycles. The Hall–Kier alpha value is -2.15. The zero-order valence-electron chi connectivity index (χ0n) is 14.6. The monoisotopic (exact) mass is 391 g/mol. The lowest BCUT2D eigenvalue weighted by Gasteiger charge is -2.22. The molecule has 0 aliphatic heterocycles. The quantitative estimate of drug-likeness (QED) is 0.646. The van der Waals surface area contributed by atoms with E-state index in [0.717, 1.165) is 10.4 Å². The van der Waals surface area contributed by atoms with Crippen LogP contribution in [0, 0.1) is 0 Å². The molecular weight excluding hydrogens is 370 g/mol. The van der Waals surface area contributed by atoms with Gasteiger partial charge in [-0.3, -0.25) is 14.5 Å². The molecule has 0 spiro atoms. The van der Waals surface area contributed by atoms with Crippen molar-refractivity contribution in [3.05, 3.63) is 69.9 Å². The summed E-state index contributed by atoms with van der Waals surface area (Å²) in [5, 5.41) is 5.41. The van der Waals surface area contributed by atoms with E-state index in [2.05, 4.69) is 17.2 Å². The maximum absolute atomic E-state index is 12.5. The van der Waals surface area contributed by atoms with Crippen molar-refractivity contribution in [2.24, 2.45) is 0 Å². The van der Waals surface area contributed by atoms with Crippen molar-refractivity contribution in [3.63, 3.8) is 0 Å². The molecule has 1 atom stereocenters. The van der Waals surface area contributed by atoms with Crippen LogP contribution in [0.5, 0.6) is 0 Å². The van der Waals surface area contributed by atoms with Crippen LogP contribution in [0.4, 0.5) is 0 Å². The summed E-state index contributed by atoms with van der Waals surface area (Å²) in [5.41, 5.74) is 0.737. The second kappa shape index (κ2) is 10.1. The third kappa shape index (κ3) is 5.98. The van der Waals surface area contributed by atoms with E-state index >= 15 is 0 Å². The van der Waals surface area contributed by atoms with Crippen molar-refractivity contribution >= 4 is 34.8 Å². The Kier molecular flexibility index (Phi) is 7.84. The molecule has 2 amide bonds. The predicted octanol–water partition coefficient (Wildman–Crippen LogP) is 2.99. The number of thiophene rings is 1. The smallest absolute Gasteiger partial charge is 0.246 e.